The molecule has 0 spiro atoms. The summed E-state index contributed by atoms with van der Waals surface area (Å²) in [5.74, 6) is -1.63. The molecule has 0 saturated carbocycles. The molecule has 0 fully saturated rings. The van der Waals surface area contributed by atoms with Crippen molar-refractivity contribution in [3.63, 3.8) is 0 Å². The molecule has 0 atom stereocenters. The second kappa shape index (κ2) is 5.74. The first-order valence-electron chi connectivity index (χ1n) is 5.14. The Hall–Kier alpha value is -1.35. The van der Waals surface area contributed by atoms with Gasteiger partial charge in [0.05, 0.1) is 17.0 Å². The monoisotopic (exact) mass is 301 g/mol. The van der Waals surface area contributed by atoms with Crippen LogP contribution in [0.3, 0.4) is 0 Å². The van der Waals surface area contributed by atoms with Crippen LogP contribution < -0.4 is 4.72 Å². The first kappa shape index (κ1) is 15.7. The van der Waals surface area contributed by atoms with Gasteiger partial charge in [-0.2, -0.15) is 13.2 Å². The molecule has 0 heterocycles. The van der Waals surface area contributed by atoms with E-state index in [1.165, 1.54) is 0 Å². The van der Waals surface area contributed by atoms with Gasteiger partial charge in [0.2, 0.25) is 10.0 Å². The summed E-state index contributed by atoms with van der Waals surface area (Å²) in [6, 6.07) is 1.43. The molecule has 1 aromatic carbocycles. The number of anilines is 1. The van der Waals surface area contributed by atoms with E-state index in [-0.39, 0.29) is 6.42 Å². The highest BCUT2D eigenvalue weighted by Crippen LogP contribution is 2.32. The molecule has 0 radical (unpaired) electrons. The van der Waals surface area contributed by atoms with E-state index in [0.717, 1.165) is 0 Å². The molecule has 9 heteroatoms. The fraction of sp³-hybridized carbons (Fsp3) is 0.400. The highest BCUT2D eigenvalue weighted by molar-refractivity contribution is 7.92. The van der Waals surface area contributed by atoms with E-state index in [4.69, 9.17) is 5.11 Å². The summed E-state index contributed by atoms with van der Waals surface area (Å²) in [6.07, 6.45) is -4.80. The van der Waals surface area contributed by atoms with Gasteiger partial charge in [0.25, 0.3) is 0 Å². The third-order valence-electron chi connectivity index (χ3n) is 2.13. The smallest absolute Gasteiger partial charge is 0.396 e. The van der Waals surface area contributed by atoms with Gasteiger partial charge in [-0.15, -0.1) is 0 Å². The van der Waals surface area contributed by atoms with Crippen molar-refractivity contribution in [1.29, 1.82) is 0 Å². The minimum atomic E-state index is -4.70. The van der Waals surface area contributed by atoms with Gasteiger partial charge in [0.15, 0.2) is 0 Å². The molecule has 1 rings (SSSR count). The zero-order valence-corrected chi connectivity index (χ0v) is 10.4. The van der Waals surface area contributed by atoms with Crippen LogP contribution in [0.25, 0.3) is 0 Å². The fourth-order valence-electron chi connectivity index (χ4n) is 1.25. The number of benzene rings is 1. The number of aliphatic hydroxyl groups is 1. The second-order valence-electron chi connectivity index (χ2n) is 3.69. The summed E-state index contributed by atoms with van der Waals surface area (Å²) in [7, 11) is -4.00. The Balaban J connectivity index is 3.01. The molecular formula is C10H11F4NO3S. The molecule has 1 aromatic rings. The lowest BCUT2D eigenvalue weighted by Crippen LogP contribution is -2.19. The van der Waals surface area contributed by atoms with Crippen molar-refractivity contribution >= 4 is 15.7 Å². The molecule has 19 heavy (non-hydrogen) atoms. The van der Waals surface area contributed by atoms with Crippen LogP contribution in [-0.2, 0) is 16.2 Å². The van der Waals surface area contributed by atoms with E-state index in [9.17, 15) is 26.0 Å². The lowest BCUT2D eigenvalue weighted by molar-refractivity contribution is -0.137. The minimum Gasteiger partial charge on any atom is -0.396 e. The third kappa shape index (κ3) is 4.67. The molecule has 4 nitrogen and oxygen atoms in total. The third-order valence-corrected chi connectivity index (χ3v) is 3.49. The maximum atomic E-state index is 13.3. The quantitative estimate of drug-likeness (QED) is 0.817. The van der Waals surface area contributed by atoms with Crippen molar-refractivity contribution in [1.82, 2.24) is 0 Å². The van der Waals surface area contributed by atoms with Crippen molar-refractivity contribution in [2.45, 2.75) is 12.6 Å². The van der Waals surface area contributed by atoms with Gasteiger partial charge >= 0.3 is 6.18 Å². The highest BCUT2D eigenvalue weighted by atomic mass is 32.2. The zero-order valence-electron chi connectivity index (χ0n) is 9.54. The van der Waals surface area contributed by atoms with Crippen molar-refractivity contribution in [2.75, 3.05) is 17.1 Å². The summed E-state index contributed by atoms with van der Waals surface area (Å²) in [5.41, 5.74) is -1.93. The number of rotatable bonds is 5. The molecule has 0 bridgehead atoms. The molecule has 108 valence electrons. The number of alkyl halides is 3. The molecule has 0 unspecified atom stereocenters. The number of hydrogen-bond donors (Lipinski definition) is 2. The first-order chi connectivity index (χ1) is 8.65. The summed E-state index contributed by atoms with van der Waals surface area (Å²) in [5, 5.41) is 8.49. The maximum absolute atomic E-state index is 13.3. The molecule has 2 N–H and O–H groups in total. The number of nitrogens with one attached hydrogen (secondary N) is 1. The number of hydrogen-bond acceptors (Lipinski definition) is 3. The van der Waals surface area contributed by atoms with Gasteiger partial charge in [-0.3, -0.25) is 4.72 Å². The van der Waals surface area contributed by atoms with E-state index >= 15 is 0 Å². The van der Waals surface area contributed by atoms with Crippen LogP contribution in [0.2, 0.25) is 0 Å². The van der Waals surface area contributed by atoms with Gasteiger partial charge in [0.1, 0.15) is 5.82 Å². The number of halogens is 4. The number of aliphatic hydroxyl groups excluding tert-OH is 1. The van der Waals surface area contributed by atoms with Gasteiger partial charge in [0, 0.05) is 6.61 Å². The summed E-state index contributed by atoms with van der Waals surface area (Å²) in [4.78, 5) is 0. The van der Waals surface area contributed by atoms with E-state index in [1.807, 2.05) is 0 Å². The van der Waals surface area contributed by atoms with Crippen LogP contribution in [0.5, 0.6) is 0 Å². The average Bonchev–Trinajstić information content (AvgIpc) is 2.28. The van der Waals surface area contributed by atoms with Gasteiger partial charge in [-0.05, 0) is 24.6 Å². The van der Waals surface area contributed by atoms with Crippen LogP contribution in [-0.4, -0.2) is 25.9 Å². The lowest BCUT2D eigenvalue weighted by atomic mass is 10.2. The van der Waals surface area contributed by atoms with E-state index in [0.29, 0.717) is 18.2 Å². The molecule has 0 saturated heterocycles. The van der Waals surface area contributed by atoms with Gasteiger partial charge in [-0.1, -0.05) is 0 Å². The van der Waals surface area contributed by atoms with Gasteiger partial charge in [-0.25, -0.2) is 12.8 Å². The summed E-state index contributed by atoms with van der Waals surface area (Å²) >= 11 is 0. The Morgan fingerprint density at radius 1 is 1.26 bits per heavy atom. The Morgan fingerprint density at radius 2 is 1.89 bits per heavy atom. The minimum absolute atomic E-state index is 0.101. The van der Waals surface area contributed by atoms with Crippen molar-refractivity contribution in [2.24, 2.45) is 0 Å². The largest absolute Gasteiger partial charge is 0.416 e. The van der Waals surface area contributed by atoms with Crippen LogP contribution in [0.4, 0.5) is 23.2 Å². The Labute approximate surface area is 107 Å². The summed E-state index contributed by atoms with van der Waals surface area (Å²) < 4.78 is 75.0. The zero-order chi connectivity index (χ0) is 14.7. The van der Waals surface area contributed by atoms with E-state index in [2.05, 4.69) is 0 Å². The normalized spacial score (nSPS) is 12.5. The van der Waals surface area contributed by atoms with Crippen LogP contribution in [0.15, 0.2) is 18.2 Å². The van der Waals surface area contributed by atoms with Crippen LogP contribution >= 0.6 is 0 Å². The van der Waals surface area contributed by atoms with Gasteiger partial charge < -0.3 is 5.11 Å². The molecule has 0 aliphatic rings. The predicted octanol–water partition coefficient (Wildman–Crippen LogP) is 1.97. The van der Waals surface area contributed by atoms with Crippen molar-refractivity contribution in [3.8, 4) is 0 Å². The molecule has 0 aliphatic heterocycles. The van der Waals surface area contributed by atoms with E-state index in [1.54, 1.807) is 4.72 Å². The molecule has 0 amide bonds. The molecular weight excluding hydrogens is 290 g/mol. The first-order valence-corrected chi connectivity index (χ1v) is 6.79. The maximum Gasteiger partial charge on any atom is 0.416 e. The van der Waals surface area contributed by atoms with E-state index < -0.39 is 45.6 Å². The van der Waals surface area contributed by atoms with Crippen molar-refractivity contribution in [3.05, 3.63) is 29.6 Å². The standard InChI is InChI=1S/C10H11F4NO3S/c11-8-3-2-7(10(12,13)14)6-9(8)15-19(17,18)5-1-4-16/h2-3,6,15-16H,1,4-5H2. The molecule has 0 aromatic heterocycles. The topological polar surface area (TPSA) is 66.4 Å². The predicted molar refractivity (Wildman–Crippen MR) is 60.5 cm³/mol. The second-order valence-corrected chi connectivity index (χ2v) is 5.53. The number of sulfonamides is 1. The average molecular weight is 301 g/mol. The summed E-state index contributed by atoms with van der Waals surface area (Å²) in [6.45, 7) is -0.397. The van der Waals surface area contributed by atoms with Crippen LogP contribution in [0.1, 0.15) is 12.0 Å². The Bertz CT molecular complexity index is 542. The Kier molecular flexibility index (Phi) is 4.75. The fourth-order valence-corrected chi connectivity index (χ4v) is 2.36. The van der Waals surface area contributed by atoms with Crippen molar-refractivity contribution < 1.29 is 31.1 Å². The molecule has 0 aliphatic carbocycles. The SMILES string of the molecule is O=S(=O)(CCCO)Nc1cc(C(F)(F)F)ccc1F. The van der Waals surface area contributed by atoms with Crippen LogP contribution in [0, 0.1) is 5.82 Å². The Morgan fingerprint density at radius 3 is 2.42 bits per heavy atom. The lowest BCUT2D eigenvalue weighted by Gasteiger charge is -2.11. The highest BCUT2D eigenvalue weighted by Gasteiger charge is 2.31.